The summed E-state index contributed by atoms with van der Waals surface area (Å²) >= 11 is 0. The highest BCUT2D eigenvalue weighted by Crippen LogP contribution is 2.43. The Morgan fingerprint density at radius 2 is 2.10 bits per heavy atom. The van der Waals surface area contributed by atoms with Gasteiger partial charge in [0.25, 0.3) is 0 Å². The van der Waals surface area contributed by atoms with Crippen molar-refractivity contribution in [1.29, 1.82) is 5.26 Å². The second kappa shape index (κ2) is 5.95. The molecule has 0 radical (unpaired) electrons. The van der Waals surface area contributed by atoms with Crippen molar-refractivity contribution in [2.75, 3.05) is 13.7 Å². The minimum absolute atomic E-state index is 0.142. The summed E-state index contributed by atoms with van der Waals surface area (Å²) in [5.41, 5.74) is 0.712. The molecule has 2 fully saturated rings. The number of nitrogens with zero attached hydrogens (tertiary/aromatic N) is 1. The molecule has 1 aliphatic heterocycles. The fourth-order valence-electron chi connectivity index (χ4n) is 3.44. The van der Waals surface area contributed by atoms with Crippen molar-refractivity contribution in [3.05, 3.63) is 23.8 Å². The highest BCUT2D eigenvalue weighted by Gasteiger charge is 2.42. The van der Waals surface area contributed by atoms with Crippen molar-refractivity contribution in [3.63, 3.8) is 0 Å². The number of nitriles is 1. The number of benzene rings is 1. The molecule has 1 saturated heterocycles. The van der Waals surface area contributed by atoms with E-state index in [2.05, 4.69) is 6.07 Å². The minimum Gasteiger partial charge on any atom is -0.493 e. The average molecular weight is 287 g/mol. The number of ether oxygens (including phenoxy) is 3. The molecule has 0 aromatic heterocycles. The monoisotopic (exact) mass is 287 g/mol. The lowest BCUT2D eigenvalue weighted by molar-refractivity contribution is -0.0510. The SMILES string of the molecule is COc1cc(C#N)ccc1OCC1CCC2(CCCC2)O1. The van der Waals surface area contributed by atoms with Gasteiger partial charge in [-0.3, -0.25) is 0 Å². The molecule has 1 spiro atoms. The van der Waals surface area contributed by atoms with Gasteiger partial charge in [-0.25, -0.2) is 0 Å². The second-order valence-electron chi connectivity index (χ2n) is 5.96. The number of hydrogen-bond donors (Lipinski definition) is 0. The van der Waals surface area contributed by atoms with Crippen LogP contribution in [0.5, 0.6) is 11.5 Å². The first-order chi connectivity index (χ1) is 10.2. The Hall–Kier alpha value is -1.73. The van der Waals surface area contributed by atoms with Gasteiger partial charge in [0.2, 0.25) is 0 Å². The molecule has 1 aliphatic carbocycles. The van der Waals surface area contributed by atoms with Crippen molar-refractivity contribution in [2.45, 2.75) is 50.2 Å². The third-order valence-corrected chi connectivity index (χ3v) is 4.57. The lowest BCUT2D eigenvalue weighted by Crippen LogP contribution is -2.27. The summed E-state index contributed by atoms with van der Waals surface area (Å²) in [6.07, 6.45) is 7.37. The Bertz CT molecular complexity index is 543. The number of rotatable bonds is 4. The van der Waals surface area contributed by atoms with Crippen LogP contribution in [0.4, 0.5) is 0 Å². The summed E-state index contributed by atoms with van der Waals surface area (Å²) in [6, 6.07) is 7.33. The van der Waals surface area contributed by atoms with Crippen LogP contribution in [-0.4, -0.2) is 25.4 Å². The molecule has 1 aromatic rings. The van der Waals surface area contributed by atoms with Gasteiger partial charge in [-0.2, -0.15) is 5.26 Å². The summed E-state index contributed by atoms with van der Waals surface area (Å²) in [7, 11) is 1.59. The molecule has 1 unspecified atom stereocenters. The molecule has 2 aliphatic rings. The van der Waals surface area contributed by atoms with Crippen molar-refractivity contribution >= 4 is 0 Å². The van der Waals surface area contributed by atoms with Gasteiger partial charge in [0, 0.05) is 6.07 Å². The number of methoxy groups -OCH3 is 1. The highest BCUT2D eigenvalue weighted by molar-refractivity contribution is 5.46. The molecule has 4 nitrogen and oxygen atoms in total. The third kappa shape index (κ3) is 2.98. The van der Waals surface area contributed by atoms with Gasteiger partial charge >= 0.3 is 0 Å². The minimum atomic E-state index is 0.142. The maximum atomic E-state index is 8.90. The fraction of sp³-hybridized carbons (Fsp3) is 0.588. The predicted molar refractivity (Wildman–Crippen MR) is 78.5 cm³/mol. The van der Waals surface area contributed by atoms with Gasteiger partial charge in [0.05, 0.1) is 30.4 Å². The first kappa shape index (κ1) is 14.2. The summed E-state index contributed by atoms with van der Waals surface area (Å²) < 4.78 is 17.4. The smallest absolute Gasteiger partial charge is 0.162 e. The largest absolute Gasteiger partial charge is 0.493 e. The van der Waals surface area contributed by atoms with Crippen LogP contribution in [-0.2, 0) is 4.74 Å². The first-order valence-electron chi connectivity index (χ1n) is 7.63. The molecule has 21 heavy (non-hydrogen) atoms. The van der Waals surface area contributed by atoms with Gasteiger partial charge in [-0.1, -0.05) is 12.8 Å². The Morgan fingerprint density at radius 3 is 2.81 bits per heavy atom. The summed E-state index contributed by atoms with van der Waals surface area (Å²) in [6.45, 7) is 0.546. The molecule has 0 amide bonds. The molecule has 1 saturated carbocycles. The Balaban J connectivity index is 1.59. The zero-order valence-electron chi connectivity index (χ0n) is 12.4. The zero-order chi connectivity index (χ0) is 14.7. The third-order valence-electron chi connectivity index (χ3n) is 4.57. The first-order valence-corrected chi connectivity index (χ1v) is 7.63. The molecular weight excluding hydrogens is 266 g/mol. The quantitative estimate of drug-likeness (QED) is 0.851. The molecule has 0 N–H and O–H groups in total. The maximum absolute atomic E-state index is 8.90. The zero-order valence-corrected chi connectivity index (χ0v) is 12.4. The van der Waals surface area contributed by atoms with E-state index in [1.807, 2.05) is 0 Å². The van der Waals surface area contributed by atoms with Crippen molar-refractivity contribution < 1.29 is 14.2 Å². The van der Waals surface area contributed by atoms with E-state index >= 15 is 0 Å². The lowest BCUT2D eigenvalue weighted by atomic mass is 9.98. The Kier molecular flexibility index (Phi) is 4.03. The van der Waals surface area contributed by atoms with Crippen LogP contribution in [0.2, 0.25) is 0 Å². The molecule has 1 heterocycles. The van der Waals surface area contributed by atoms with E-state index < -0.39 is 0 Å². The second-order valence-corrected chi connectivity index (χ2v) is 5.96. The van der Waals surface area contributed by atoms with Crippen LogP contribution < -0.4 is 9.47 Å². The van der Waals surface area contributed by atoms with Crippen LogP contribution >= 0.6 is 0 Å². The molecule has 4 heteroatoms. The van der Waals surface area contributed by atoms with Gasteiger partial charge < -0.3 is 14.2 Å². The van der Waals surface area contributed by atoms with Gasteiger partial charge in [-0.05, 0) is 37.8 Å². The molecule has 3 rings (SSSR count). The van der Waals surface area contributed by atoms with Crippen molar-refractivity contribution in [1.82, 2.24) is 0 Å². The van der Waals surface area contributed by atoms with Crippen molar-refractivity contribution in [3.8, 4) is 17.6 Å². The van der Waals surface area contributed by atoms with Gasteiger partial charge in [-0.15, -0.1) is 0 Å². The standard InChI is InChI=1S/C17H21NO3/c1-19-16-10-13(11-18)4-5-15(16)20-12-14-6-9-17(21-14)7-2-3-8-17/h4-5,10,14H,2-3,6-9,12H2,1H3. The van der Waals surface area contributed by atoms with Gasteiger partial charge in [0.15, 0.2) is 11.5 Å². The Morgan fingerprint density at radius 1 is 1.29 bits per heavy atom. The normalized spacial score (nSPS) is 23.1. The van der Waals surface area contributed by atoms with E-state index in [1.165, 1.54) is 25.7 Å². The van der Waals surface area contributed by atoms with E-state index in [-0.39, 0.29) is 11.7 Å². The fourth-order valence-corrected chi connectivity index (χ4v) is 3.44. The van der Waals surface area contributed by atoms with E-state index in [4.69, 9.17) is 19.5 Å². The molecule has 1 aromatic carbocycles. The molecule has 1 atom stereocenters. The maximum Gasteiger partial charge on any atom is 0.162 e. The predicted octanol–water partition coefficient (Wildman–Crippen LogP) is 3.44. The van der Waals surface area contributed by atoms with E-state index in [0.717, 1.165) is 12.8 Å². The van der Waals surface area contributed by atoms with Crippen LogP contribution in [0, 0.1) is 11.3 Å². The van der Waals surface area contributed by atoms with E-state index in [9.17, 15) is 0 Å². The summed E-state index contributed by atoms with van der Waals surface area (Å²) in [5.74, 6) is 1.27. The molecule has 0 bridgehead atoms. The summed E-state index contributed by atoms with van der Waals surface area (Å²) in [5, 5.41) is 8.90. The lowest BCUT2D eigenvalue weighted by Gasteiger charge is -2.24. The Labute approximate surface area is 125 Å². The average Bonchev–Trinajstić information content (AvgIpc) is 3.15. The van der Waals surface area contributed by atoms with Crippen molar-refractivity contribution in [2.24, 2.45) is 0 Å². The van der Waals surface area contributed by atoms with E-state index in [1.54, 1.807) is 25.3 Å². The van der Waals surface area contributed by atoms with Crippen LogP contribution in [0.25, 0.3) is 0 Å². The highest BCUT2D eigenvalue weighted by atomic mass is 16.6. The molecular formula is C17H21NO3. The van der Waals surface area contributed by atoms with Crippen LogP contribution in [0.15, 0.2) is 18.2 Å². The number of hydrogen-bond acceptors (Lipinski definition) is 4. The molecule has 112 valence electrons. The van der Waals surface area contributed by atoms with Crippen LogP contribution in [0.1, 0.15) is 44.1 Å². The summed E-state index contributed by atoms with van der Waals surface area (Å²) in [4.78, 5) is 0. The van der Waals surface area contributed by atoms with Gasteiger partial charge in [0.1, 0.15) is 6.61 Å². The topological polar surface area (TPSA) is 51.5 Å². The van der Waals surface area contributed by atoms with E-state index in [0.29, 0.717) is 23.7 Å². The van der Waals surface area contributed by atoms with Crippen LogP contribution in [0.3, 0.4) is 0 Å².